The van der Waals surface area contributed by atoms with E-state index >= 15 is 0 Å². The first-order valence-corrected chi connectivity index (χ1v) is 8.12. The number of ether oxygens (including phenoxy) is 1. The van der Waals surface area contributed by atoms with E-state index in [0.29, 0.717) is 11.1 Å². The summed E-state index contributed by atoms with van der Waals surface area (Å²) < 4.78 is 5.72. The third kappa shape index (κ3) is 4.20. The first-order chi connectivity index (χ1) is 12.8. The maximum atomic E-state index is 12.0. The van der Waals surface area contributed by atoms with Crippen LogP contribution in [0.5, 0.6) is 5.75 Å². The van der Waals surface area contributed by atoms with E-state index in [1.165, 1.54) is 0 Å². The fourth-order valence-corrected chi connectivity index (χ4v) is 2.47. The molecule has 0 fully saturated rings. The summed E-state index contributed by atoms with van der Waals surface area (Å²) in [4.78, 5) is 12.0. The topological polar surface area (TPSA) is 62.1 Å². The van der Waals surface area contributed by atoms with Crippen molar-refractivity contribution in [1.82, 2.24) is 5.32 Å². The molecule has 1 amide bonds. The Morgan fingerprint density at radius 2 is 1.73 bits per heavy atom. The van der Waals surface area contributed by atoms with Crippen molar-refractivity contribution in [2.45, 2.75) is 0 Å². The second-order valence-corrected chi connectivity index (χ2v) is 5.49. The van der Waals surface area contributed by atoms with Gasteiger partial charge in [-0.15, -0.1) is 0 Å². The first-order valence-electron chi connectivity index (χ1n) is 8.12. The number of rotatable bonds is 4. The number of carbonyl (C=O) groups excluding carboxylic acids is 1. The zero-order chi connectivity index (χ0) is 18.2. The van der Waals surface area contributed by atoms with Gasteiger partial charge in [0.25, 0.3) is 5.91 Å². The van der Waals surface area contributed by atoms with Gasteiger partial charge in [0.1, 0.15) is 12.4 Å². The van der Waals surface area contributed by atoms with Crippen molar-refractivity contribution in [2.24, 2.45) is 0 Å². The van der Waals surface area contributed by atoms with Crippen LogP contribution in [0.4, 0.5) is 0 Å². The molecule has 0 aliphatic carbocycles. The number of hydrogen-bond acceptors (Lipinski definition) is 3. The van der Waals surface area contributed by atoms with Crippen LogP contribution >= 0.6 is 0 Å². The molecule has 4 nitrogen and oxygen atoms in total. The van der Waals surface area contributed by atoms with Crippen molar-refractivity contribution in [3.05, 3.63) is 77.9 Å². The number of fused-ring (bicyclic) bond motifs is 1. The number of carbonyl (C=O) groups is 1. The van der Waals surface area contributed by atoms with E-state index in [0.717, 1.165) is 16.5 Å². The van der Waals surface area contributed by atoms with Gasteiger partial charge in [0.15, 0.2) is 0 Å². The number of nitriles is 1. The molecule has 0 aliphatic rings. The molecule has 0 bridgehead atoms. The molecule has 0 aliphatic heterocycles. The first kappa shape index (κ1) is 17.1. The summed E-state index contributed by atoms with van der Waals surface area (Å²) in [5, 5.41) is 13.6. The van der Waals surface area contributed by atoms with Crippen LogP contribution in [0.2, 0.25) is 0 Å². The number of benzene rings is 3. The van der Waals surface area contributed by atoms with E-state index < -0.39 is 0 Å². The molecule has 0 radical (unpaired) electrons. The molecule has 3 rings (SSSR count). The van der Waals surface area contributed by atoms with E-state index in [9.17, 15) is 4.79 Å². The molecular weight excluding hydrogens is 324 g/mol. The van der Waals surface area contributed by atoms with Crippen LogP contribution in [-0.2, 0) is 0 Å². The van der Waals surface area contributed by atoms with Crippen LogP contribution in [0.3, 0.4) is 0 Å². The molecule has 1 N–H and O–H groups in total. The molecule has 0 spiro atoms. The fraction of sp³-hybridized carbons (Fsp3) is 0.0909. The molecule has 26 heavy (non-hydrogen) atoms. The van der Waals surface area contributed by atoms with Crippen LogP contribution in [0.15, 0.2) is 66.7 Å². The lowest BCUT2D eigenvalue weighted by Gasteiger charge is -2.06. The van der Waals surface area contributed by atoms with Crippen molar-refractivity contribution in [3.8, 4) is 23.7 Å². The minimum absolute atomic E-state index is 0.223. The highest BCUT2D eigenvalue weighted by atomic mass is 16.5. The normalized spacial score (nSPS) is 9.65. The SMILES string of the molecule is N#Cc1ccc(C(=O)NCC#CCOc2cccc3ccccc23)cc1. The highest BCUT2D eigenvalue weighted by molar-refractivity contribution is 5.94. The monoisotopic (exact) mass is 340 g/mol. The van der Waals surface area contributed by atoms with Gasteiger partial charge in [0.2, 0.25) is 0 Å². The highest BCUT2D eigenvalue weighted by Crippen LogP contribution is 2.24. The van der Waals surface area contributed by atoms with Crippen LogP contribution in [0.1, 0.15) is 15.9 Å². The predicted molar refractivity (Wildman–Crippen MR) is 101 cm³/mol. The fourth-order valence-electron chi connectivity index (χ4n) is 2.47. The second kappa shape index (κ2) is 8.37. The molecule has 126 valence electrons. The number of amides is 1. The summed E-state index contributed by atoms with van der Waals surface area (Å²) in [5.41, 5.74) is 1.02. The average molecular weight is 340 g/mol. The Morgan fingerprint density at radius 3 is 2.54 bits per heavy atom. The van der Waals surface area contributed by atoms with E-state index in [4.69, 9.17) is 10.00 Å². The van der Waals surface area contributed by atoms with Crippen LogP contribution in [0.25, 0.3) is 10.8 Å². The van der Waals surface area contributed by atoms with E-state index in [1.54, 1.807) is 24.3 Å². The molecule has 4 heteroatoms. The molecule has 0 heterocycles. The third-order valence-electron chi connectivity index (χ3n) is 3.79. The van der Waals surface area contributed by atoms with Crippen molar-refractivity contribution in [2.75, 3.05) is 13.2 Å². The summed E-state index contributed by atoms with van der Waals surface area (Å²) in [6, 6.07) is 22.4. The van der Waals surface area contributed by atoms with Gasteiger partial charge in [-0.25, -0.2) is 0 Å². The van der Waals surface area contributed by atoms with Crippen molar-refractivity contribution in [1.29, 1.82) is 5.26 Å². The quantitative estimate of drug-likeness (QED) is 0.739. The van der Waals surface area contributed by atoms with Gasteiger partial charge in [0, 0.05) is 10.9 Å². The zero-order valence-electron chi connectivity index (χ0n) is 14.0. The maximum absolute atomic E-state index is 12.0. The summed E-state index contributed by atoms with van der Waals surface area (Å²) >= 11 is 0. The Bertz CT molecular complexity index is 1020. The van der Waals surface area contributed by atoms with Crippen LogP contribution in [-0.4, -0.2) is 19.1 Å². The lowest BCUT2D eigenvalue weighted by atomic mass is 10.1. The standard InChI is InChI=1S/C22H16N2O2/c23-16-17-10-12-19(13-11-17)22(25)24-14-3-4-15-26-21-9-5-7-18-6-1-2-8-20(18)21/h1-2,5-13H,14-15H2,(H,24,25). The molecular formula is C22H16N2O2. The maximum Gasteiger partial charge on any atom is 0.252 e. The molecule has 3 aromatic rings. The summed E-state index contributed by atoms with van der Waals surface area (Å²) in [7, 11) is 0. The molecule has 3 aromatic carbocycles. The average Bonchev–Trinajstić information content (AvgIpc) is 2.70. The van der Waals surface area contributed by atoms with E-state index in [2.05, 4.69) is 17.2 Å². The van der Waals surface area contributed by atoms with Gasteiger partial charge in [0.05, 0.1) is 18.2 Å². The Hall–Kier alpha value is -3.76. The van der Waals surface area contributed by atoms with Gasteiger partial charge in [-0.2, -0.15) is 5.26 Å². The zero-order valence-corrected chi connectivity index (χ0v) is 14.0. The smallest absolute Gasteiger partial charge is 0.252 e. The third-order valence-corrected chi connectivity index (χ3v) is 3.79. The van der Waals surface area contributed by atoms with Crippen LogP contribution in [0, 0.1) is 23.2 Å². The Morgan fingerprint density at radius 1 is 0.962 bits per heavy atom. The minimum atomic E-state index is -0.223. The van der Waals surface area contributed by atoms with E-state index in [1.807, 2.05) is 48.5 Å². The summed E-state index contributed by atoms with van der Waals surface area (Å²) in [6.45, 7) is 0.485. The Labute approximate surface area is 152 Å². The Kier molecular flexibility index (Phi) is 5.50. The van der Waals surface area contributed by atoms with E-state index in [-0.39, 0.29) is 19.1 Å². The van der Waals surface area contributed by atoms with Gasteiger partial charge >= 0.3 is 0 Å². The molecule has 0 aromatic heterocycles. The van der Waals surface area contributed by atoms with Crippen molar-refractivity contribution < 1.29 is 9.53 Å². The molecule has 0 saturated heterocycles. The predicted octanol–water partition coefficient (Wildman–Crippen LogP) is 3.52. The number of nitrogens with one attached hydrogen (secondary N) is 1. The van der Waals surface area contributed by atoms with Gasteiger partial charge in [-0.05, 0) is 35.7 Å². The second-order valence-electron chi connectivity index (χ2n) is 5.49. The summed E-state index contributed by atoms with van der Waals surface area (Å²) in [6.07, 6.45) is 0. The molecule has 0 atom stereocenters. The van der Waals surface area contributed by atoms with Gasteiger partial charge in [-0.1, -0.05) is 48.2 Å². The highest BCUT2D eigenvalue weighted by Gasteiger charge is 2.03. The minimum Gasteiger partial charge on any atom is -0.480 e. The number of hydrogen-bond donors (Lipinski definition) is 1. The molecule has 0 saturated carbocycles. The van der Waals surface area contributed by atoms with Gasteiger partial charge in [-0.3, -0.25) is 4.79 Å². The van der Waals surface area contributed by atoms with Crippen molar-refractivity contribution in [3.63, 3.8) is 0 Å². The summed E-state index contributed by atoms with van der Waals surface area (Å²) in [5.74, 6) is 6.33. The molecule has 0 unspecified atom stereocenters. The lowest BCUT2D eigenvalue weighted by molar-refractivity contribution is 0.0958. The lowest BCUT2D eigenvalue weighted by Crippen LogP contribution is -2.23. The largest absolute Gasteiger partial charge is 0.480 e. The van der Waals surface area contributed by atoms with Crippen LogP contribution < -0.4 is 10.1 Å². The van der Waals surface area contributed by atoms with Gasteiger partial charge < -0.3 is 10.1 Å². The Balaban J connectivity index is 1.49. The van der Waals surface area contributed by atoms with Crippen molar-refractivity contribution >= 4 is 16.7 Å². The number of nitrogens with zero attached hydrogens (tertiary/aromatic N) is 1.